The maximum atomic E-state index is 10.8. The topological polar surface area (TPSA) is 83.2 Å². The van der Waals surface area contributed by atoms with Crippen molar-refractivity contribution in [2.24, 2.45) is 0 Å². The van der Waals surface area contributed by atoms with E-state index in [1.807, 2.05) is 6.07 Å². The van der Waals surface area contributed by atoms with Gasteiger partial charge >= 0.3 is 5.97 Å². The Kier molecular flexibility index (Phi) is 3.46. The first kappa shape index (κ1) is 12.4. The van der Waals surface area contributed by atoms with Gasteiger partial charge in [0.25, 0.3) is 5.19 Å². The third-order valence-electron chi connectivity index (χ3n) is 1.97. The van der Waals surface area contributed by atoms with Crippen molar-refractivity contribution in [2.45, 2.75) is 0 Å². The van der Waals surface area contributed by atoms with E-state index in [9.17, 15) is 4.79 Å². The Hall–Kier alpha value is -2.10. The predicted molar refractivity (Wildman–Crippen MR) is 65.3 cm³/mol. The van der Waals surface area contributed by atoms with Crippen LogP contribution in [0.1, 0.15) is 15.2 Å². The molecule has 0 saturated carbocycles. The summed E-state index contributed by atoms with van der Waals surface area (Å²) in [6, 6.07) is 8.54. The van der Waals surface area contributed by atoms with Crippen LogP contribution in [-0.2, 0) is 0 Å². The van der Waals surface area contributed by atoms with Crippen molar-refractivity contribution in [3.05, 3.63) is 39.9 Å². The van der Waals surface area contributed by atoms with Gasteiger partial charge in [-0.1, -0.05) is 35.1 Å². The summed E-state index contributed by atoms with van der Waals surface area (Å²) in [5, 5.41) is 17.7. The van der Waals surface area contributed by atoms with Crippen LogP contribution < -0.4 is 4.74 Å². The standard InChI is InChI=1S/C11H5ClN2O3S/c12-9-8(10(15)16)18-11(14-9)17-7-4-2-1-3-6(7)5-13/h1-4H,(H,15,16). The Bertz CT molecular complexity index is 648. The van der Waals surface area contributed by atoms with Gasteiger partial charge in [0, 0.05) is 0 Å². The summed E-state index contributed by atoms with van der Waals surface area (Å²) in [4.78, 5) is 14.5. The third kappa shape index (κ3) is 2.42. The van der Waals surface area contributed by atoms with Gasteiger partial charge in [-0.25, -0.2) is 4.79 Å². The summed E-state index contributed by atoms with van der Waals surface area (Å²) in [6.07, 6.45) is 0. The molecule has 2 rings (SSSR count). The van der Waals surface area contributed by atoms with Crippen LogP contribution in [0.5, 0.6) is 10.9 Å². The fourth-order valence-corrected chi connectivity index (χ4v) is 2.18. The molecule has 0 amide bonds. The van der Waals surface area contributed by atoms with Crippen LogP contribution >= 0.6 is 22.9 Å². The SMILES string of the molecule is N#Cc1ccccc1Oc1nc(Cl)c(C(=O)O)s1. The molecule has 0 atom stereocenters. The number of thiazole rings is 1. The maximum absolute atomic E-state index is 10.8. The molecule has 0 fully saturated rings. The van der Waals surface area contributed by atoms with Crippen molar-refractivity contribution >= 4 is 28.9 Å². The van der Waals surface area contributed by atoms with E-state index in [1.54, 1.807) is 24.3 Å². The lowest BCUT2D eigenvalue weighted by Crippen LogP contribution is -1.91. The molecule has 1 aromatic carbocycles. The van der Waals surface area contributed by atoms with Gasteiger partial charge in [0.05, 0.1) is 5.56 Å². The molecule has 0 unspecified atom stereocenters. The molecule has 0 aliphatic carbocycles. The number of para-hydroxylation sites is 1. The van der Waals surface area contributed by atoms with Crippen molar-refractivity contribution in [2.75, 3.05) is 0 Å². The molecule has 0 radical (unpaired) electrons. The number of carboxylic acid groups (broad SMARTS) is 1. The van der Waals surface area contributed by atoms with Gasteiger partial charge in [0.2, 0.25) is 0 Å². The molecule has 18 heavy (non-hydrogen) atoms. The molecule has 2 aromatic rings. The molecule has 5 nitrogen and oxygen atoms in total. The minimum absolute atomic E-state index is 0.0834. The summed E-state index contributed by atoms with van der Waals surface area (Å²) in [5.74, 6) is -0.858. The zero-order valence-electron chi connectivity index (χ0n) is 8.75. The zero-order valence-corrected chi connectivity index (χ0v) is 10.3. The molecular weight excluding hydrogens is 276 g/mol. The summed E-state index contributed by atoms with van der Waals surface area (Å²) in [6.45, 7) is 0. The molecule has 0 saturated heterocycles. The normalized spacial score (nSPS) is 9.78. The highest BCUT2D eigenvalue weighted by Crippen LogP contribution is 2.33. The first-order chi connectivity index (χ1) is 8.61. The number of nitrogens with zero attached hydrogens (tertiary/aromatic N) is 2. The number of hydrogen-bond acceptors (Lipinski definition) is 5. The highest BCUT2D eigenvalue weighted by atomic mass is 35.5. The van der Waals surface area contributed by atoms with Gasteiger partial charge in [-0.05, 0) is 12.1 Å². The molecule has 0 aliphatic rings. The van der Waals surface area contributed by atoms with E-state index in [-0.39, 0.29) is 15.2 Å². The van der Waals surface area contributed by atoms with Crippen molar-refractivity contribution in [3.8, 4) is 17.0 Å². The Morgan fingerprint density at radius 2 is 2.22 bits per heavy atom. The second kappa shape index (κ2) is 5.04. The van der Waals surface area contributed by atoms with E-state index < -0.39 is 5.97 Å². The number of benzene rings is 1. The summed E-state index contributed by atoms with van der Waals surface area (Å²) >= 11 is 6.46. The molecule has 1 heterocycles. The predicted octanol–water partition coefficient (Wildman–Crippen LogP) is 3.16. The Morgan fingerprint density at radius 1 is 1.50 bits per heavy atom. The Balaban J connectivity index is 2.32. The molecule has 1 aromatic heterocycles. The lowest BCUT2D eigenvalue weighted by molar-refractivity contribution is 0.0702. The number of carboxylic acids is 1. The number of rotatable bonds is 3. The van der Waals surface area contributed by atoms with Gasteiger partial charge in [-0.2, -0.15) is 10.2 Å². The van der Waals surface area contributed by atoms with Crippen LogP contribution in [0.25, 0.3) is 0 Å². The van der Waals surface area contributed by atoms with Gasteiger partial charge in [-0.3, -0.25) is 0 Å². The molecule has 0 aliphatic heterocycles. The highest BCUT2D eigenvalue weighted by Gasteiger charge is 2.17. The number of carbonyl (C=O) groups is 1. The van der Waals surface area contributed by atoms with E-state index in [0.29, 0.717) is 11.3 Å². The fraction of sp³-hybridized carbons (Fsp3) is 0. The largest absolute Gasteiger partial charge is 0.477 e. The number of ether oxygens (including phenoxy) is 1. The van der Waals surface area contributed by atoms with Crippen LogP contribution in [0.4, 0.5) is 0 Å². The van der Waals surface area contributed by atoms with Crippen molar-refractivity contribution in [3.63, 3.8) is 0 Å². The Labute approximate surface area is 111 Å². The second-order valence-electron chi connectivity index (χ2n) is 3.11. The van der Waals surface area contributed by atoms with Crippen molar-refractivity contribution < 1.29 is 14.6 Å². The smallest absolute Gasteiger partial charge is 0.349 e. The molecular formula is C11H5ClN2O3S. The summed E-state index contributed by atoms with van der Waals surface area (Å²) < 4.78 is 5.35. The molecule has 7 heteroatoms. The quantitative estimate of drug-likeness (QED) is 0.933. The minimum Gasteiger partial charge on any atom is -0.477 e. The van der Waals surface area contributed by atoms with E-state index in [1.165, 1.54) is 0 Å². The Morgan fingerprint density at radius 3 is 2.83 bits per heavy atom. The number of halogens is 1. The van der Waals surface area contributed by atoms with E-state index >= 15 is 0 Å². The summed E-state index contributed by atoms with van der Waals surface area (Å²) in [7, 11) is 0. The number of hydrogen-bond donors (Lipinski definition) is 1. The zero-order chi connectivity index (χ0) is 13.1. The van der Waals surface area contributed by atoms with Crippen molar-refractivity contribution in [1.82, 2.24) is 4.98 Å². The monoisotopic (exact) mass is 280 g/mol. The van der Waals surface area contributed by atoms with Gasteiger partial charge in [0.15, 0.2) is 10.0 Å². The summed E-state index contributed by atoms with van der Waals surface area (Å²) in [5.41, 5.74) is 0.334. The molecule has 0 bridgehead atoms. The highest BCUT2D eigenvalue weighted by molar-refractivity contribution is 7.15. The molecule has 90 valence electrons. The molecule has 0 spiro atoms. The van der Waals surface area contributed by atoms with E-state index in [2.05, 4.69) is 4.98 Å². The first-order valence-corrected chi connectivity index (χ1v) is 5.88. The van der Waals surface area contributed by atoms with Crippen LogP contribution in [-0.4, -0.2) is 16.1 Å². The van der Waals surface area contributed by atoms with E-state index in [4.69, 9.17) is 26.7 Å². The third-order valence-corrected chi connectivity index (χ3v) is 3.27. The average molecular weight is 281 g/mol. The van der Waals surface area contributed by atoms with Crippen LogP contribution in [0.2, 0.25) is 5.15 Å². The van der Waals surface area contributed by atoms with Gasteiger partial charge < -0.3 is 9.84 Å². The number of aromatic nitrogens is 1. The first-order valence-electron chi connectivity index (χ1n) is 4.68. The lowest BCUT2D eigenvalue weighted by Gasteiger charge is -2.02. The van der Waals surface area contributed by atoms with Crippen LogP contribution in [0, 0.1) is 11.3 Å². The number of nitriles is 1. The fourth-order valence-electron chi connectivity index (χ4n) is 1.20. The van der Waals surface area contributed by atoms with Gasteiger partial charge in [-0.15, -0.1) is 0 Å². The second-order valence-corrected chi connectivity index (χ2v) is 4.43. The minimum atomic E-state index is -1.17. The van der Waals surface area contributed by atoms with E-state index in [0.717, 1.165) is 11.3 Å². The maximum Gasteiger partial charge on any atom is 0.349 e. The molecule has 1 N–H and O–H groups in total. The number of aromatic carboxylic acids is 1. The average Bonchev–Trinajstić information content (AvgIpc) is 2.71. The van der Waals surface area contributed by atoms with Crippen LogP contribution in [0.15, 0.2) is 24.3 Å². The van der Waals surface area contributed by atoms with Crippen molar-refractivity contribution in [1.29, 1.82) is 5.26 Å². The van der Waals surface area contributed by atoms with Crippen LogP contribution in [0.3, 0.4) is 0 Å². The lowest BCUT2D eigenvalue weighted by atomic mass is 10.2. The van der Waals surface area contributed by atoms with Gasteiger partial charge in [0.1, 0.15) is 11.8 Å².